The number of aromatic nitrogens is 2. The van der Waals surface area contributed by atoms with E-state index in [1.54, 1.807) is 24.3 Å². The summed E-state index contributed by atoms with van der Waals surface area (Å²) in [4.78, 5) is 24.4. The molecule has 3 fully saturated rings. The van der Waals surface area contributed by atoms with Gasteiger partial charge >= 0.3 is 5.97 Å². The molecule has 0 amide bonds. The fourth-order valence-electron chi connectivity index (χ4n) is 6.20. The van der Waals surface area contributed by atoms with Crippen molar-refractivity contribution in [3.05, 3.63) is 88.6 Å². The van der Waals surface area contributed by atoms with Crippen molar-refractivity contribution in [3.8, 4) is 0 Å². The van der Waals surface area contributed by atoms with E-state index >= 15 is 0 Å². The van der Waals surface area contributed by atoms with Crippen molar-refractivity contribution >= 4 is 34.5 Å². The van der Waals surface area contributed by atoms with Gasteiger partial charge in [0.05, 0.1) is 42.9 Å². The minimum absolute atomic E-state index is 0.0481. The monoisotopic (exact) mass is 606 g/mol. The van der Waals surface area contributed by atoms with Gasteiger partial charge in [0.1, 0.15) is 18.2 Å². The number of hydrogen-bond donors (Lipinski definition) is 0. The van der Waals surface area contributed by atoms with Gasteiger partial charge in [0.25, 0.3) is 0 Å². The summed E-state index contributed by atoms with van der Waals surface area (Å²) in [5, 5.41) is 0.347. The standard InChI is InChI=1S/C33H36ClFN4O4/c1-4-5-31(43-20-23-6-8-25(34)15-27(23)35)36-21(2)33-11-12-38(17-24(33)16-33)19-30-37-28-9-7-22(32(40)41-3)14-29(28)39(30)18-26-10-13-42-26/h4-9,14-15,24,26H,2,10-13,16-20H2,1,3H3/b5-4-,36-31+/t24-,26-,33-/m0/s1. The molecule has 0 spiro atoms. The number of ether oxygens (including phenoxy) is 3. The maximum absolute atomic E-state index is 14.3. The summed E-state index contributed by atoms with van der Waals surface area (Å²) >= 11 is 5.88. The Morgan fingerprint density at radius 2 is 2.16 bits per heavy atom. The molecular formula is C33H36ClFN4O4. The quantitative estimate of drug-likeness (QED) is 0.153. The summed E-state index contributed by atoms with van der Waals surface area (Å²) in [5.41, 5.74) is 3.47. The smallest absolute Gasteiger partial charge is 0.337 e. The molecule has 43 heavy (non-hydrogen) atoms. The van der Waals surface area contributed by atoms with Crippen LogP contribution < -0.4 is 0 Å². The maximum Gasteiger partial charge on any atom is 0.337 e. The van der Waals surface area contributed by atoms with Gasteiger partial charge in [0, 0.05) is 34.8 Å². The summed E-state index contributed by atoms with van der Waals surface area (Å²) in [6.45, 7) is 10.3. The Hall–Kier alpha value is -3.53. The number of piperidine rings is 1. The second-order valence-corrected chi connectivity index (χ2v) is 12.0. The molecule has 0 N–H and O–H groups in total. The molecule has 1 aliphatic carbocycles. The fraction of sp³-hybridized carbons (Fsp3) is 0.424. The van der Waals surface area contributed by atoms with Crippen molar-refractivity contribution in [1.29, 1.82) is 0 Å². The number of esters is 1. The topological polar surface area (TPSA) is 78.2 Å². The third-order valence-electron chi connectivity index (χ3n) is 8.90. The normalized spacial score (nSPS) is 23.7. The molecule has 226 valence electrons. The molecule has 0 bridgehead atoms. The molecule has 2 aliphatic heterocycles. The lowest BCUT2D eigenvalue weighted by atomic mass is 9.92. The molecule has 1 aromatic heterocycles. The summed E-state index contributed by atoms with van der Waals surface area (Å²) < 4.78 is 33.0. The number of nitrogens with zero attached hydrogens (tertiary/aromatic N) is 4. The number of likely N-dealkylation sites (tertiary alicyclic amines) is 1. The van der Waals surface area contributed by atoms with Crippen molar-refractivity contribution in [1.82, 2.24) is 14.5 Å². The van der Waals surface area contributed by atoms with Crippen molar-refractivity contribution in [2.24, 2.45) is 16.3 Å². The average molecular weight is 607 g/mol. The predicted molar refractivity (Wildman–Crippen MR) is 163 cm³/mol. The zero-order valence-corrected chi connectivity index (χ0v) is 25.3. The van der Waals surface area contributed by atoms with Gasteiger partial charge in [-0.05, 0) is 75.1 Å². The molecule has 2 saturated heterocycles. The first kappa shape index (κ1) is 29.5. The van der Waals surface area contributed by atoms with Crippen LogP contribution in [0.4, 0.5) is 4.39 Å². The highest BCUT2D eigenvalue weighted by Gasteiger charge is 2.58. The van der Waals surface area contributed by atoms with Crippen LogP contribution in [0.2, 0.25) is 5.02 Å². The minimum atomic E-state index is -0.406. The van der Waals surface area contributed by atoms with Crippen LogP contribution in [0.5, 0.6) is 0 Å². The maximum atomic E-state index is 14.3. The number of aliphatic imine (C=N–C) groups is 1. The SMILES string of the molecule is C=C(/N=C(\C=C/C)OCc1ccc(Cl)cc1F)[C@@]12CCN(Cc3nc4ccc(C(=O)OC)cc4n3C[C@@H]3CCO3)C[C@@H]1C2. The van der Waals surface area contributed by atoms with Crippen LogP contribution in [-0.2, 0) is 33.9 Å². The van der Waals surface area contributed by atoms with Crippen LogP contribution in [0.15, 0.2) is 65.8 Å². The van der Waals surface area contributed by atoms with E-state index in [9.17, 15) is 9.18 Å². The van der Waals surface area contributed by atoms with E-state index in [1.807, 2.05) is 25.1 Å². The van der Waals surface area contributed by atoms with Crippen molar-refractivity contribution < 1.29 is 23.4 Å². The molecule has 3 atom stereocenters. The van der Waals surface area contributed by atoms with Gasteiger partial charge in [-0.15, -0.1) is 0 Å². The number of carbonyl (C=O) groups excluding carboxylic acids is 1. The third kappa shape index (κ3) is 6.12. The molecule has 8 nitrogen and oxygen atoms in total. The fourth-order valence-corrected chi connectivity index (χ4v) is 6.36. The van der Waals surface area contributed by atoms with Crippen molar-refractivity contribution in [2.45, 2.75) is 52.0 Å². The average Bonchev–Trinajstić information content (AvgIpc) is 3.62. The summed E-state index contributed by atoms with van der Waals surface area (Å²) in [6, 6.07) is 10.1. The highest BCUT2D eigenvalue weighted by atomic mass is 35.5. The molecule has 3 aliphatic rings. The number of allylic oxidation sites excluding steroid dienone is 2. The molecular weight excluding hydrogens is 571 g/mol. The van der Waals surface area contributed by atoms with Crippen LogP contribution in [0.25, 0.3) is 11.0 Å². The molecule has 10 heteroatoms. The van der Waals surface area contributed by atoms with E-state index in [1.165, 1.54) is 13.2 Å². The Morgan fingerprint density at radius 3 is 2.86 bits per heavy atom. The van der Waals surface area contributed by atoms with Crippen LogP contribution >= 0.6 is 11.6 Å². The van der Waals surface area contributed by atoms with Gasteiger partial charge < -0.3 is 18.8 Å². The van der Waals surface area contributed by atoms with Gasteiger partial charge in [-0.3, -0.25) is 4.90 Å². The molecule has 0 radical (unpaired) electrons. The molecule has 2 aromatic carbocycles. The number of rotatable bonds is 10. The second-order valence-electron chi connectivity index (χ2n) is 11.6. The van der Waals surface area contributed by atoms with E-state index in [0.29, 0.717) is 41.1 Å². The number of fused-ring (bicyclic) bond motifs is 2. The summed E-state index contributed by atoms with van der Waals surface area (Å²) in [5.74, 6) is 1.06. The molecule has 3 heterocycles. The van der Waals surface area contributed by atoms with Crippen LogP contribution in [0.1, 0.15) is 47.9 Å². The second kappa shape index (κ2) is 12.2. The van der Waals surface area contributed by atoms with Crippen molar-refractivity contribution in [2.75, 3.05) is 26.8 Å². The van der Waals surface area contributed by atoms with Crippen LogP contribution in [-0.4, -0.2) is 59.2 Å². The Labute approximate surface area is 255 Å². The lowest BCUT2D eigenvalue weighted by Gasteiger charge is -2.32. The number of hydrogen-bond acceptors (Lipinski definition) is 7. The van der Waals surface area contributed by atoms with Gasteiger partial charge in [-0.25, -0.2) is 19.2 Å². The van der Waals surface area contributed by atoms with E-state index in [0.717, 1.165) is 61.5 Å². The molecule has 6 rings (SSSR count). The first-order valence-electron chi connectivity index (χ1n) is 14.7. The van der Waals surface area contributed by atoms with E-state index in [-0.39, 0.29) is 24.1 Å². The first-order chi connectivity index (χ1) is 20.8. The van der Waals surface area contributed by atoms with Gasteiger partial charge in [0.2, 0.25) is 5.90 Å². The van der Waals surface area contributed by atoms with E-state index in [4.69, 9.17) is 35.8 Å². The van der Waals surface area contributed by atoms with E-state index < -0.39 is 5.82 Å². The highest BCUT2D eigenvalue weighted by molar-refractivity contribution is 6.30. The minimum Gasteiger partial charge on any atom is -0.473 e. The lowest BCUT2D eigenvalue weighted by molar-refractivity contribution is -0.0592. The molecule has 1 saturated carbocycles. The largest absolute Gasteiger partial charge is 0.473 e. The Balaban J connectivity index is 1.14. The molecule has 0 unspecified atom stereocenters. The summed E-state index contributed by atoms with van der Waals surface area (Å²) in [6.07, 6.45) is 6.76. The number of carbonyl (C=O) groups is 1. The number of methoxy groups -OCH3 is 1. The van der Waals surface area contributed by atoms with Gasteiger partial charge in [-0.1, -0.05) is 30.3 Å². The highest BCUT2D eigenvalue weighted by Crippen LogP contribution is 2.62. The third-order valence-corrected chi connectivity index (χ3v) is 9.13. The number of imidazole rings is 1. The van der Waals surface area contributed by atoms with Crippen LogP contribution in [0.3, 0.4) is 0 Å². The Morgan fingerprint density at radius 1 is 1.33 bits per heavy atom. The van der Waals surface area contributed by atoms with Crippen LogP contribution in [0, 0.1) is 17.2 Å². The first-order valence-corrected chi connectivity index (χ1v) is 15.1. The van der Waals surface area contributed by atoms with Crippen molar-refractivity contribution in [3.63, 3.8) is 0 Å². The van der Waals surface area contributed by atoms with E-state index in [2.05, 4.69) is 16.0 Å². The van der Waals surface area contributed by atoms with Gasteiger partial charge in [0.15, 0.2) is 0 Å². The zero-order valence-electron chi connectivity index (χ0n) is 24.5. The Kier molecular flexibility index (Phi) is 8.40. The lowest BCUT2D eigenvalue weighted by Crippen LogP contribution is -2.36. The Bertz CT molecular complexity index is 1610. The molecule has 3 aromatic rings. The summed E-state index contributed by atoms with van der Waals surface area (Å²) in [7, 11) is 1.39. The van der Waals surface area contributed by atoms with Gasteiger partial charge in [-0.2, -0.15) is 0 Å². The zero-order chi connectivity index (χ0) is 30.1. The number of halogens is 2. The predicted octanol–water partition coefficient (Wildman–Crippen LogP) is 6.32. The number of benzene rings is 2.